The van der Waals surface area contributed by atoms with Crippen molar-refractivity contribution in [3.63, 3.8) is 0 Å². The van der Waals surface area contributed by atoms with Crippen LogP contribution in [-0.2, 0) is 0 Å². The third kappa shape index (κ3) is 3.17. The Balaban J connectivity index is 1.89. The molecular formula is C17H18N4O2. The quantitative estimate of drug-likeness (QED) is 0.384. The van der Waals surface area contributed by atoms with Gasteiger partial charge >= 0.3 is 0 Å². The average Bonchev–Trinajstić information content (AvgIpc) is 3.02. The van der Waals surface area contributed by atoms with Crippen LogP contribution in [0.2, 0.25) is 0 Å². The number of nitrogen functional groups attached to an aromatic ring is 1. The summed E-state index contributed by atoms with van der Waals surface area (Å²) < 4.78 is 5.57. The largest absolute Gasteiger partial charge is 0.494 e. The molecule has 6 nitrogen and oxygen atoms in total. The number of aromatic nitrogens is 2. The van der Waals surface area contributed by atoms with E-state index in [1.165, 1.54) is 0 Å². The van der Waals surface area contributed by atoms with Crippen LogP contribution in [0.1, 0.15) is 23.7 Å². The summed E-state index contributed by atoms with van der Waals surface area (Å²) in [6.45, 7) is 2.78. The van der Waals surface area contributed by atoms with Gasteiger partial charge in [-0.25, -0.2) is 10.8 Å². The number of nitrogens with zero attached hydrogens (tertiary/aromatic N) is 1. The van der Waals surface area contributed by atoms with E-state index >= 15 is 0 Å². The van der Waals surface area contributed by atoms with Gasteiger partial charge in [-0.2, -0.15) is 0 Å². The van der Waals surface area contributed by atoms with Gasteiger partial charge in [0.2, 0.25) is 0 Å². The molecule has 2 aromatic carbocycles. The number of amides is 1. The summed E-state index contributed by atoms with van der Waals surface area (Å²) in [6, 6.07) is 13.0. The highest BCUT2D eigenvalue weighted by atomic mass is 16.5. The zero-order valence-corrected chi connectivity index (χ0v) is 12.8. The fourth-order valence-corrected chi connectivity index (χ4v) is 2.30. The lowest BCUT2D eigenvalue weighted by atomic mass is 10.2. The van der Waals surface area contributed by atoms with Gasteiger partial charge in [-0.15, -0.1) is 0 Å². The Morgan fingerprint density at radius 3 is 2.74 bits per heavy atom. The Labute approximate surface area is 133 Å². The summed E-state index contributed by atoms with van der Waals surface area (Å²) in [6.07, 6.45) is 0.976. The molecule has 0 spiro atoms. The number of fused-ring (bicyclic) bond motifs is 1. The van der Waals surface area contributed by atoms with Crippen LogP contribution >= 0.6 is 0 Å². The highest BCUT2D eigenvalue weighted by Crippen LogP contribution is 2.23. The topological polar surface area (TPSA) is 93.0 Å². The van der Waals surface area contributed by atoms with Crippen LogP contribution in [0.15, 0.2) is 42.5 Å². The Hall–Kier alpha value is -2.86. The second-order valence-corrected chi connectivity index (χ2v) is 5.16. The van der Waals surface area contributed by atoms with E-state index in [0.29, 0.717) is 12.2 Å². The summed E-state index contributed by atoms with van der Waals surface area (Å²) in [5, 5.41) is 0. The van der Waals surface area contributed by atoms with E-state index in [1.54, 1.807) is 18.2 Å². The summed E-state index contributed by atoms with van der Waals surface area (Å²) in [5.41, 5.74) is 5.13. The summed E-state index contributed by atoms with van der Waals surface area (Å²) in [5.74, 6) is 6.41. The summed E-state index contributed by atoms with van der Waals surface area (Å²) >= 11 is 0. The molecule has 1 heterocycles. The number of imidazole rings is 1. The molecule has 1 amide bonds. The molecule has 3 rings (SSSR count). The van der Waals surface area contributed by atoms with Crippen LogP contribution in [-0.4, -0.2) is 22.5 Å². The van der Waals surface area contributed by atoms with Crippen molar-refractivity contribution in [2.24, 2.45) is 5.84 Å². The van der Waals surface area contributed by atoms with E-state index < -0.39 is 0 Å². The zero-order chi connectivity index (χ0) is 16.2. The number of hydrazine groups is 1. The molecule has 0 aliphatic heterocycles. The van der Waals surface area contributed by atoms with Crippen LogP contribution in [0.25, 0.3) is 22.4 Å². The number of aromatic amines is 1. The lowest BCUT2D eigenvalue weighted by Gasteiger charge is -2.04. The Kier molecular flexibility index (Phi) is 4.25. The van der Waals surface area contributed by atoms with Gasteiger partial charge in [-0.3, -0.25) is 10.2 Å². The van der Waals surface area contributed by atoms with Crippen molar-refractivity contribution in [3.05, 3.63) is 48.0 Å². The van der Waals surface area contributed by atoms with Crippen molar-refractivity contribution in [2.75, 3.05) is 6.61 Å². The second-order valence-electron chi connectivity index (χ2n) is 5.16. The maximum Gasteiger partial charge on any atom is 0.265 e. The molecule has 0 atom stereocenters. The van der Waals surface area contributed by atoms with Crippen LogP contribution in [0.3, 0.4) is 0 Å². The van der Waals surface area contributed by atoms with Crippen molar-refractivity contribution in [2.45, 2.75) is 13.3 Å². The van der Waals surface area contributed by atoms with Crippen molar-refractivity contribution >= 4 is 16.9 Å². The summed E-state index contributed by atoms with van der Waals surface area (Å²) in [4.78, 5) is 19.3. The van der Waals surface area contributed by atoms with Crippen LogP contribution in [0.4, 0.5) is 0 Å². The molecular weight excluding hydrogens is 292 g/mol. The molecule has 23 heavy (non-hydrogen) atoms. The average molecular weight is 310 g/mol. The molecule has 0 bridgehead atoms. The van der Waals surface area contributed by atoms with Crippen LogP contribution < -0.4 is 16.0 Å². The molecule has 0 saturated carbocycles. The zero-order valence-electron chi connectivity index (χ0n) is 12.8. The van der Waals surface area contributed by atoms with Gasteiger partial charge in [-0.05, 0) is 48.9 Å². The second kappa shape index (κ2) is 6.50. The lowest BCUT2D eigenvalue weighted by molar-refractivity contribution is 0.0954. The molecule has 4 N–H and O–H groups in total. The smallest absolute Gasteiger partial charge is 0.265 e. The first kappa shape index (κ1) is 15.1. The van der Waals surface area contributed by atoms with Crippen LogP contribution in [0.5, 0.6) is 5.75 Å². The van der Waals surface area contributed by atoms with Gasteiger partial charge in [-0.1, -0.05) is 6.92 Å². The van der Waals surface area contributed by atoms with Crippen molar-refractivity contribution < 1.29 is 9.53 Å². The maximum atomic E-state index is 11.6. The normalized spacial score (nSPS) is 10.7. The van der Waals surface area contributed by atoms with Gasteiger partial charge in [0.25, 0.3) is 5.91 Å². The van der Waals surface area contributed by atoms with E-state index in [1.807, 2.05) is 24.3 Å². The van der Waals surface area contributed by atoms with Gasteiger partial charge in [0, 0.05) is 11.1 Å². The number of carbonyl (C=O) groups excluding carboxylic acids is 1. The minimum Gasteiger partial charge on any atom is -0.494 e. The first-order valence-electron chi connectivity index (χ1n) is 7.45. The molecule has 0 radical (unpaired) electrons. The first-order valence-corrected chi connectivity index (χ1v) is 7.45. The van der Waals surface area contributed by atoms with Crippen molar-refractivity contribution in [1.29, 1.82) is 0 Å². The van der Waals surface area contributed by atoms with E-state index in [4.69, 9.17) is 10.6 Å². The van der Waals surface area contributed by atoms with E-state index in [9.17, 15) is 4.79 Å². The predicted molar refractivity (Wildman–Crippen MR) is 89.0 cm³/mol. The van der Waals surface area contributed by atoms with Gasteiger partial charge < -0.3 is 9.72 Å². The minimum absolute atomic E-state index is 0.333. The molecule has 118 valence electrons. The number of rotatable bonds is 5. The summed E-state index contributed by atoms with van der Waals surface area (Å²) in [7, 11) is 0. The number of hydrogen-bond acceptors (Lipinski definition) is 4. The third-order valence-electron chi connectivity index (χ3n) is 3.48. The highest BCUT2D eigenvalue weighted by molar-refractivity contribution is 5.97. The van der Waals surface area contributed by atoms with E-state index in [2.05, 4.69) is 22.3 Å². The van der Waals surface area contributed by atoms with Crippen molar-refractivity contribution in [1.82, 2.24) is 15.4 Å². The molecule has 0 fully saturated rings. The standard InChI is InChI=1S/C17H18N4O2/c1-2-9-23-13-6-3-11(4-7-13)16-19-14-8-5-12(17(22)21-18)10-15(14)20-16/h3-8,10H,2,9,18H2,1H3,(H,19,20)(H,21,22). The number of nitrogens with two attached hydrogens (primary N) is 1. The number of benzene rings is 2. The van der Waals surface area contributed by atoms with Gasteiger partial charge in [0.1, 0.15) is 11.6 Å². The number of carbonyl (C=O) groups is 1. The number of hydrogen-bond donors (Lipinski definition) is 3. The lowest BCUT2D eigenvalue weighted by Crippen LogP contribution is -2.29. The van der Waals surface area contributed by atoms with E-state index in [-0.39, 0.29) is 5.91 Å². The Morgan fingerprint density at radius 1 is 1.26 bits per heavy atom. The van der Waals surface area contributed by atoms with E-state index in [0.717, 1.165) is 34.6 Å². The molecule has 0 aliphatic carbocycles. The minimum atomic E-state index is -0.333. The maximum absolute atomic E-state index is 11.6. The molecule has 6 heteroatoms. The number of nitrogens with one attached hydrogen (secondary N) is 2. The van der Waals surface area contributed by atoms with Gasteiger partial charge in [0.15, 0.2) is 0 Å². The molecule has 1 aromatic heterocycles. The fraction of sp³-hybridized carbons (Fsp3) is 0.176. The molecule has 0 unspecified atom stereocenters. The molecule has 0 aliphatic rings. The number of H-pyrrole nitrogens is 1. The Morgan fingerprint density at radius 2 is 2.04 bits per heavy atom. The predicted octanol–water partition coefficient (Wildman–Crippen LogP) is 2.62. The fourth-order valence-electron chi connectivity index (χ4n) is 2.30. The highest BCUT2D eigenvalue weighted by Gasteiger charge is 2.09. The SMILES string of the molecule is CCCOc1ccc(-c2nc3ccc(C(=O)NN)cc3[nH]2)cc1. The first-order chi connectivity index (χ1) is 11.2. The third-order valence-corrected chi connectivity index (χ3v) is 3.48. The monoisotopic (exact) mass is 310 g/mol. The van der Waals surface area contributed by atoms with Gasteiger partial charge in [0.05, 0.1) is 17.6 Å². The number of ether oxygens (including phenoxy) is 1. The molecule has 0 saturated heterocycles. The Bertz CT molecular complexity index is 824. The van der Waals surface area contributed by atoms with Crippen molar-refractivity contribution in [3.8, 4) is 17.1 Å². The van der Waals surface area contributed by atoms with Crippen LogP contribution in [0, 0.1) is 0 Å². The molecule has 3 aromatic rings.